The zero-order valence-electron chi connectivity index (χ0n) is 36.8. The summed E-state index contributed by atoms with van der Waals surface area (Å²) in [4.78, 5) is 2.56. The Hall–Kier alpha value is -6.70. The first kappa shape index (κ1) is 39.2. The minimum Gasteiger partial charge on any atom is -0.310 e. The molecule has 0 aromatic heterocycles. The second-order valence-corrected chi connectivity index (χ2v) is 18.9. The van der Waals surface area contributed by atoms with Crippen molar-refractivity contribution in [2.45, 2.75) is 63.7 Å². The molecule has 1 saturated carbocycles. The highest BCUT2D eigenvalue weighted by Gasteiger charge is 2.44. The van der Waals surface area contributed by atoms with Gasteiger partial charge in [0.05, 0.1) is 11.4 Å². The van der Waals surface area contributed by atoms with E-state index in [0.29, 0.717) is 5.92 Å². The number of nitrogens with zero attached hydrogens (tertiary/aromatic N) is 1. The lowest BCUT2D eigenvalue weighted by Gasteiger charge is -2.46. The minimum atomic E-state index is -0.272. The summed E-state index contributed by atoms with van der Waals surface area (Å²) in [7, 11) is 0. The molecule has 0 heterocycles. The van der Waals surface area contributed by atoms with Crippen LogP contribution < -0.4 is 4.90 Å². The van der Waals surface area contributed by atoms with E-state index in [1.54, 1.807) is 5.57 Å². The molecule has 1 heteroatoms. The van der Waals surface area contributed by atoms with Crippen LogP contribution in [0.2, 0.25) is 0 Å². The number of anilines is 3. The summed E-state index contributed by atoms with van der Waals surface area (Å²) in [5, 5.41) is 0. The van der Waals surface area contributed by atoms with Gasteiger partial charge in [-0.15, -0.1) is 0 Å². The van der Waals surface area contributed by atoms with Crippen LogP contribution in [0.3, 0.4) is 0 Å². The maximum absolute atomic E-state index is 2.56. The van der Waals surface area contributed by atoms with E-state index in [0.717, 1.165) is 5.69 Å². The summed E-state index contributed by atoms with van der Waals surface area (Å²) in [5.74, 6) is 0.895. The van der Waals surface area contributed by atoms with Gasteiger partial charge in [0.1, 0.15) is 0 Å². The van der Waals surface area contributed by atoms with E-state index >= 15 is 0 Å². The van der Waals surface area contributed by atoms with Gasteiger partial charge in [-0.3, -0.25) is 0 Å². The van der Waals surface area contributed by atoms with Crippen LogP contribution in [0.15, 0.2) is 217 Å². The second kappa shape index (κ2) is 15.9. The molecule has 4 aliphatic carbocycles. The fourth-order valence-corrected chi connectivity index (χ4v) is 11.6. The molecule has 2 atom stereocenters. The van der Waals surface area contributed by atoms with Gasteiger partial charge in [0.15, 0.2) is 0 Å². The third-order valence-corrected chi connectivity index (χ3v) is 14.9. The van der Waals surface area contributed by atoms with Gasteiger partial charge in [0, 0.05) is 28.0 Å². The lowest BCUT2D eigenvalue weighted by molar-refractivity contribution is 0.346. The SMILES string of the molecule is CC1(C)c2ccccc2-c2ccc(-c3ccccc3N(c3ccc(-c4ccc(-c5ccccc5)cc4)cc3)c3ccccc3C3(C)C=CC=C4C=CC=C(C5CCCCC5)C43)cc21. The number of para-hydroxylation sites is 2. The predicted octanol–water partition coefficient (Wildman–Crippen LogP) is 16.9. The Morgan fingerprint density at radius 2 is 1.03 bits per heavy atom. The average Bonchev–Trinajstić information content (AvgIpc) is 3.57. The summed E-state index contributed by atoms with van der Waals surface area (Å²) in [6.45, 7) is 7.26. The molecule has 0 spiro atoms. The Morgan fingerprint density at radius 3 is 1.76 bits per heavy atom. The molecule has 4 aliphatic rings. The van der Waals surface area contributed by atoms with Crippen molar-refractivity contribution < 1.29 is 0 Å². The van der Waals surface area contributed by atoms with Gasteiger partial charge in [0.2, 0.25) is 0 Å². The number of hydrogen-bond acceptors (Lipinski definition) is 1. The van der Waals surface area contributed by atoms with Gasteiger partial charge in [-0.2, -0.15) is 0 Å². The van der Waals surface area contributed by atoms with E-state index in [2.05, 4.69) is 232 Å². The van der Waals surface area contributed by atoms with Crippen LogP contribution >= 0.6 is 0 Å². The standard InChI is InChI=1S/C62H55N/c1-61(2)55-27-12-10-25-53(55)54-40-37-49(42-57(54)61)51-24-11-14-29-58(51)63(50-38-35-46(36-39-50)45-33-31-44(32-34-45)43-18-6-4-7-19-43)59-30-15-13-28-56(59)62(3)41-17-23-48-22-16-26-52(60(48)62)47-20-8-5-9-21-47/h4,6-7,10-19,22-42,47,60H,5,8-9,20-21H2,1-3H3. The van der Waals surface area contributed by atoms with Crippen molar-refractivity contribution in [3.05, 3.63) is 234 Å². The van der Waals surface area contributed by atoms with E-state index in [1.165, 1.54) is 110 Å². The topological polar surface area (TPSA) is 3.24 Å². The molecule has 0 aliphatic heterocycles. The zero-order chi connectivity index (χ0) is 42.5. The third-order valence-electron chi connectivity index (χ3n) is 14.9. The molecular weight excluding hydrogens is 759 g/mol. The van der Waals surface area contributed by atoms with E-state index < -0.39 is 0 Å². The normalized spacial score (nSPS) is 19.7. The van der Waals surface area contributed by atoms with Crippen LogP contribution in [-0.4, -0.2) is 0 Å². The summed E-state index contributed by atoms with van der Waals surface area (Å²) < 4.78 is 0. The lowest BCUT2D eigenvalue weighted by atomic mass is 9.59. The van der Waals surface area contributed by atoms with Crippen LogP contribution in [0.4, 0.5) is 17.1 Å². The van der Waals surface area contributed by atoms with Gasteiger partial charge in [-0.05, 0) is 110 Å². The highest BCUT2D eigenvalue weighted by Crippen LogP contribution is 2.55. The molecule has 308 valence electrons. The largest absolute Gasteiger partial charge is 0.310 e. The van der Waals surface area contributed by atoms with E-state index in [4.69, 9.17) is 0 Å². The highest BCUT2D eigenvalue weighted by molar-refractivity contribution is 5.92. The molecule has 0 amide bonds. The molecule has 0 radical (unpaired) electrons. The molecule has 11 rings (SSSR count). The molecule has 63 heavy (non-hydrogen) atoms. The monoisotopic (exact) mass is 813 g/mol. The summed E-state index contributed by atoms with van der Waals surface area (Å²) in [5.41, 5.74) is 20.3. The molecule has 0 bridgehead atoms. The fourth-order valence-electron chi connectivity index (χ4n) is 11.6. The van der Waals surface area contributed by atoms with Crippen molar-refractivity contribution >= 4 is 17.1 Å². The van der Waals surface area contributed by atoms with Crippen molar-refractivity contribution in [1.29, 1.82) is 0 Å². The van der Waals surface area contributed by atoms with Crippen molar-refractivity contribution in [3.8, 4) is 44.5 Å². The smallest absolute Gasteiger partial charge is 0.0540 e. The van der Waals surface area contributed by atoms with Crippen molar-refractivity contribution in [1.82, 2.24) is 0 Å². The van der Waals surface area contributed by atoms with Crippen molar-refractivity contribution in [2.24, 2.45) is 11.8 Å². The Morgan fingerprint density at radius 1 is 0.460 bits per heavy atom. The van der Waals surface area contributed by atoms with Crippen LogP contribution in [0.1, 0.15) is 69.6 Å². The molecule has 7 aromatic rings. The van der Waals surface area contributed by atoms with Crippen molar-refractivity contribution in [2.75, 3.05) is 4.90 Å². The molecular formula is C62H55N. The Balaban J connectivity index is 1.06. The number of allylic oxidation sites excluding steroid dienone is 8. The van der Waals surface area contributed by atoms with Gasteiger partial charge in [-0.1, -0.05) is 222 Å². The first-order valence-electron chi connectivity index (χ1n) is 23.2. The predicted molar refractivity (Wildman–Crippen MR) is 267 cm³/mol. The Labute approximate surface area is 374 Å². The molecule has 1 nitrogen and oxygen atoms in total. The Bertz CT molecular complexity index is 2950. The molecule has 1 fully saturated rings. The van der Waals surface area contributed by atoms with Crippen LogP contribution in [-0.2, 0) is 10.8 Å². The first-order valence-corrected chi connectivity index (χ1v) is 23.2. The maximum Gasteiger partial charge on any atom is 0.0540 e. The maximum atomic E-state index is 2.56. The lowest BCUT2D eigenvalue weighted by Crippen LogP contribution is -2.38. The first-order chi connectivity index (χ1) is 30.9. The fraction of sp³-hybridized carbons (Fsp3) is 0.194. The van der Waals surface area contributed by atoms with Crippen LogP contribution in [0.25, 0.3) is 44.5 Å². The molecule has 7 aromatic carbocycles. The quantitative estimate of drug-likeness (QED) is 0.148. The number of fused-ring (bicyclic) bond motifs is 4. The molecule has 2 unspecified atom stereocenters. The third kappa shape index (κ3) is 6.77. The van der Waals surface area contributed by atoms with Gasteiger partial charge >= 0.3 is 0 Å². The summed E-state index contributed by atoms with van der Waals surface area (Å²) in [6.07, 6.45) is 20.9. The van der Waals surface area contributed by atoms with Crippen LogP contribution in [0, 0.1) is 11.8 Å². The van der Waals surface area contributed by atoms with Crippen molar-refractivity contribution in [3.63, 3.8) is 0 Å². The zero-order valence-corrected chi connectivity index (χ0v) is 36.8. The van der Waals surface area contributed by atoms with Gasteiger partial charge in [-0.25, -0.2) is 0 Å². The van der Waals surface area contributed by atoms with Gasteiger partial charge < -0.3 is 4.90 Å². The minimum absolute atomic E-state index is 0.0938. The number of hydrogen-bond donors (Lipinski definition) is 0. The summed E-state index contributed by atoms with van der Waals surface area (Å²) >= 11 is 0. The molecule has 0 N–H and O–H groups in total. The molecule has 0 saturated heterocycles. The average molecular weight is 814 g/mol. The highest BCUT2D eigenvalue weighted by atomic mass is 15.1. The second-order valence-electron chi connectivity index (χ2n) is 18.9. The Kier molecular flexibility index (Phi) is 9.88. The number of benzene rings is 7. The summed E-state index contributed by atoms with van der Waals surface area (Å²) in [6, 6.07) is 63.4. The van der Waals surface area contributed by atoms with E-state index in [9.17, 15) is 0 Å². The number of rotatable bonds is 8. The van der Waals surface area contributed by atoms with E-state index in [-0.39, 0.29) is 16.7 Å². The van der Waals surface area contributed by atoms with Crippen LogP contribution in [0.5, 0.6) is 0 Å². The van der Waals surface area contributed by atoms with Gasteiger partial charge in [0.25, 0.3) is 0 Å². The van der Waals surface area contributed by atoms with E-state index in [1.807, 2.05) is 0 Å².